The van der Waals surface area contributed by atoms with Crippen LogP contribution in [0, 0.1) is 71.0 Å². The van der Waals surface area contributed by atoms with Crippen LogP contribution >= 0.6 is 0 Å². The Bertz CT molecular complexity index is 8710. The Kier molecular flexibility index (Phi) is 20.4. The van der Waals surface area contributed by atoms with Gasteiger partial charge >= 0.3 is 0 Å². The third-order valence-electron chi connectivity index (χ3n) is 39.3. The van der Waals surface area contributed by atoms with Crippen LogP contribution in [-0.4, -0.2) is 0 Å². The molecular formula is C146H119N3. The summed E-state index contributed by atoms with van der Waals surface area (Å²) in [5, 5.41) is 12.5. The van der Waals surface area contributed by atoms with Crippen LogP contribution in [0.1, 0.15) is 130 Å². The zero-order valence-corrected chi connectivity index (χ0v) is 84.3. The zero-order chi connectivity index (χ0) is 97.7. The number of benzene rings is 21. The lowest BCUT2D eigenvalue weighted by molar-refractivity contribution is -0.0399. The Hall–Kier alpha value is -15.7. The third-order valence-corrected chi connectivity index (χ3v) is 39.3. The Morgan fingerprint density at radius 3 is 0.805 bits per heavy atom. The first-order valence-electron chi connectivity index (χ1n) is 55.7. The van der Waals surface area contributed by atoms with E-state index in [2.05, 4.69) is 482 Å². The molecule has 21 aromatic carbocycles. The third kappa shape index (κ3) is 13.8. The summed E-state index contributed by atoms with van der Waals surface area (Å²) in [6, 6.07) is 175. The van der Waals surface area contributed by atoms with Crippen molar-refractivity contribution in [1.82, 2.24) is 0 Å². The van der Waals surface area contributed by atoms with Crippen molar-refractivity contribution in [2.45, 2.75) is 113 Å². The molecule has 3 nitrogen and oxygen atoms in total. The molecule has 36 rings (SSSR count). The monoisotopic (exact) mass is 1910 g/mol. The van der Waals surface area contributed by atoms with Gasteiger partial charge in [-0.05, 0) is 437 Å². The molecular weight excluding hydrogens is 1800 g/mol. The first-order chi connectivity index (χ1) is 73.7. The normalized spacial score (nSPS) is 24.2. The van der Waals surface area contributed by atoms with Crippen molar-refractivity contribution >= 4 is 105 Å². The molecule has 15 aliphatic carbocycles. The molecule has 12 fully saturated rings. The summed E-state index contributed by atoms with van der Waals surface area (Å²) in [5.74, 6) is 10.4. The number of hydrogen-bond acceptors (Lipinski definition) is 3. The lowest BCUT2D eigenvalue weighted by Gasteiger charge is -2.61. The average molecular weight is 1920 g/mol. The maximum absolute atomic E-state index is 2.61. The van der Waals surface area contributed by atoms with E-state index < -0.39 is 0 Å². The average Bonchev–Trinajstić information content (AvgIpc) is 1.53. The van der Waals surface area contributed by atoms with Gasteiger partial charge in [-0.15, -0.1) is 0 Å². The Morgan fingerprint density at radius 1 is 0.141 bits per heavy atom. The number of hydrogen-bond donors (Lipinski definition) is 0. The second-order valence-electron chi connectivity index (χ2n) is 46.6. The molecule has 0 radical (unpaired) electrons. The predicted octanol–water partition coefficient (Wildman–Crippen LogP) is 39.1. The molecule has 0 saturated heterocycles. The number of fused-ring (bicyclic) bond motifs is 14. The van der Waals surface area contributed by atoms with Crippen LogP contribution in [0.4, 0.5) is 51.2 Å². The van der Waals surface area contributed by atoms with Crippen molar-refractivity contribution in [2.24, 2.45) is 71.0 Å². The second-order valence-corrected chi connectivity index (χ2v) is 46.6. The van der Waals surface area contributed by atoms with E-state index in [0.717, 1.165) is 82.4 Å². The molecule has 15 aliphatic rings. The van der Waals surface area contributed by atoms with Crippen LogP contribution < -0.4 is 14.7 Å². The van der Waals surface area contributed by atoms with Gasteiger partial charge in [0.05, 0.1) is 11.4 Å². The summed E-state index contributed by atoms with van der Waals surface area (Å²) < 4.78 is 0. The minimum Gasteiger partial charge on any atom is -0.310 e. The molecule has 0 aliphatic heterocycles. The number of rotatable bonds is 13. The maximum Gasteiger partial charge on any atom is 0.0540 e. The molecule has 718 valence electrons. The fourth-order valence-corrected chi connectivity index (χ4v) is 34.0. The summed E-state index contributed by atoms with van der Waals surface area (Å²) in [7, 11) is 0. The zero-order valence-electron chi connectivity index (χ0n) is 84.3. The first kappa shape index (κ1) is 87.5. The molecule has 0 aromatic heterocycles. The fourth-order valence-electron chi connectivity index (χ4n) is 34.0. The van der Waals surface area contributed by atoms with E-state index in [-0.39, 0.29) is 16.2 Å². The first-order valence-corrected chi connectivity index (χ1v) is 55.7. The van der Waals surface area contributed by atoms with Crippen molar-refractivity contribution < 1.29 is 0 Å². The maximum atomic E-state index is 2.61. The van der Waals surface area contributed by atoms with Crippen molar-refractivity contribution in [2.75, 3.05) is 14.7 Å². The summed E-state index contributed by atoms with van der Waals surface area (Å²) in [4.78, 5) is 7.26. The van der Waals surface area contributed by atoms with Gasteiger partial charge in [-0.25, -0.2) is 0 Å². The number of anilines is 9. The van der Waals surface area contributed by atoms with Crippen LogP contribution in [0.25, 0.3) is 132 Å². The van der Waals surface area contributed by atoms with Crippen molar-refractivity contribution in [1.29, 1.82) is 0 Å². The highest BCUT2D eigenvalue weighted by Crippen LogP contribution is 2.74. The highest BCUT2D eigenvalue weighted by molar-refractivity contribution is 6.07. The van der Waals surface area contributed by atoms with Gasteiger partial charge in [0.15, 0.2) is 0 Å². The molecule has 0 N–H and O–H groups in total. The highest BCUT2D eigenvalue weighted by atomic mass is 15.2. The lowest BCUT2D eigenvalue weighted by atomic mass is 9.43. The quantitative estimate of drug-likeness (QED) is 0.114. The van der Waals surface area contributed by atoms with Crippen LogP contribution in [0.15, 0.2) is 467 Å². The van der Waals surface area contributed by atoms with Gasteiger partial charge in [-0.1, -0.05) is 352 Å². The SMILES string of the molecule is c1ccc(-c2ccc(N(c3ccccc3)c3ccc(-c4ccc5c(c4)C4(c6ccccc6-5)C5CC6CC(C5)CC4C6)cc3)c3ccccc23)cc1.c1ccc2c(c1)-c1ccc(-c3ccc(N(c4ccc5ccccc5c4)c4ccc5ccccc5c4)cc3)cc1C21C2CC3CC(C2)CC1C3.c1ccc2c(c1)-c1ccc(-c3ccc(N(c4ccc5ccccc5c4)c4cccc5ccccc45)cc3)cc1C21C2CC3CC(C2)CC1C3. The van der Waals surface area contributed by atoms with Gasteiger partial charge in [0.2, 0.25) is 0 Å². The Morgan fingerprint density at radius 2 is 0.409 bits per heavy atom. The summed E-state index contributed by atoms with van der Waals surface area (Å²) in [6.45, 7) is 0. The number of para-hydroxylation sites is 1. The van der Waals surface area contributed by atoms with E-state index in [1.165, 1.54) is 268 Å². The van der Waals surface area contributed by atoms with Crippen molar-refractivity contribution in [3.63, 3.8) is 0 Å². The molecule has 21 aromatic rings. The summed E-state index contributed by atoms with van der Waals surface area (Å²) in [6.07, 6.45) is 21.4. The molecule has 3 heteroatoms. The predicted molar refractivity (Wildman–Crippen MR) is 622 cm³/mol. The Balaban J connectivity index is 0.000000101. The molecule has 12 saturated carbocycles. The van der Waals surface area contributed by atoms with Crippen LogP contribution in [0.3, 0.4) is 0 Å². The van der Waals surface area contributed by atoms with Crippen molar-refractivity contribution in [3.05, 3.63) is 500 Å². The van der Waals surface area contributed by atoms with Gasteiger partial charge in [0.25, 0.3) is 0 Å². The largest absolute Gasteiger partial charge is 0.310 e. The van der Waals surface area contributed by atoms with E-state index in [0.29, 0.717) is 0 Å². The molecule has 149 heavy (non-hydrogen) atoms. The summed E-state index contributed by atoms with van der Waals surface area (Å²) >= 11 is 0. The molecule has 0 heterocycles. The molecule has 12 bridgehead atoms. The van der Waals surface area contributed by atoms with Gasteiger partial charge in [-0.3, -0.25) is 0 Å². The van der Waals surface area contributed by atoms with Gasteiger partial charge in [-0.2, -0.15) is 0 Å². The smallest absolute Gasteiger partial charge is 0.0540 e. The van der Waals surface area contributed by atoms with E-state index in [9.17, 15) is 0 Å². The van der Waals surface area contributed by atoms with Gasteiger partial charge in [0.1, 0.15) is 0 Å². The van der Waals surface area contributed by atoms with Crippen molar-refractivity contribution in [3.8, 4) is 77.9 Å². The Labute approximate surface area is 875 Å². The van der Waals surface area contributed by atoms with E-state index in [1.54, 1.807) is 33.4 Å². The van der Waals surface area contributed by atoms with Crippen LogP contribution in [0.5, 0.6) is 0 Å². The molecule has 3 spiro atoms. The lowest BCUT2D eigenvalue weighted by Crippen LogP contribution is -2.55. The van der Waals surface area contributed by atoms with Gasteiger partial charge < -0.3 is 14.7 Å². The molecule has 0 amide bonds. The van der Waals surface area contributed by atoms with Crippen LogP contribution in [0.2, 0.25) is 0 Å². The second kappa shape index (κ2) is 34.7. The van der Waals surface area contributed by atoms with E-state index in [1.807, 2.05) is 0 Å². The van der Waals surface area contributed by atoms with Crippen LogP contribution in [-0.2, 0) is 16.2 Å². The minimum absolute atomic E-state index is 0.187. The summed E-state index contributed by atoms with van der Waals surface area (Å²) in [5.41, 5.74) is 40.2. The topological polar surface area (TPSA) is 9.72 Å². The van der Waals surface area contributed by atoms with E-state index >= 15 is 0 Å². The fraction of sp³-hybridized carbons (Fsp3) is 0.205. The standard InChI is InChI=1S/C50H41N.2C48H39N/c1-3-11-36(12-4-1)42-25-26-49(46-17-8-7-15-43(42)46)51(40-13-5-2-6-14-40)41-22-19-35(20-23-41)37-21-24-45-44-16-9-10-18-47(44)50(48(45)32-37)38-28-33-27-34(30-38)31-39(50)29-33;1-3-9-36-28-42(20-15-33(36)7-1)49(43-21-16-34-8-2-4-10-37(34)29-43)41-18-13-35(14-19-41)38-17-22-45-44-11-5-6-12-46(44)48(47(45)30-38)39-24-31-23-32(26-39)27-40(48)25-31;1-2-10-36-29-41(22-18-33(36)8-1)49(47-15-7-11-35-9-3-4-12-42(35)47)40-20-16-34(17-21-40)37-19-23-44-43-13-5-6-14-45(43)48(46(44)30-37)38-25-31-24-32(27-38)28-39(48)26-31/h1-26,32-34,38-39H,27-31H2;1-22,28-32,39-40H,23-27H2;1-23,29-32,38-39H,24-28H2. The highest BCUT2D eigenvalue weighted by Gasteiger charge is 2.65. The minimum atomic E-state index is 0.187. The molecule has 0 unspecified atom stereocenters. The van der Waals surface area contributed by atoms with E-state index in [4.69, 9.17) is 0 Å². The van der Waals surface area contributed by atoms with Gasteiger partial charge in [0, 0.05) is 66.8 Å². The number of nitrogens with zero attached hydrogens (tertiary/aromatic N) is 3. The molecule has 0 atom stereocenters.